The second-order valence-corrected chi connectivity index (χ2v) is 7.47. The average molecular weight is 397 g/mol. The molecule has 0 atom stereocenters. The lowest BCUT2D eigenvalue weighted by atomic mass is 10.2. The van der Waals surface area contributed by atoms with Gasteiger partial charge in [0.05, 0.1) is 11.4 Å². The first-order chi connectivity index (χ1) is 13.1. The SMILES string of the molecule is Cc1ccccc1-n1c(C)nnc1SCc1coc(-c2cccc(Cl)c2)n1. The summed E-state index contributed by atoms with van der Waals surface area (Å²) in [5.74, 6) is 2.05. The Balaban J connectivity index is 1.55. The molecule has 0 saturated carbocycles. The molecule has 0 fully saturated rings. The molecule has 4 aromatic rings. The predicted octanol–water partition coefficient (Wildman–Crippen LogP) is 5.48. The number of oxazole rings is 1. The van der Waals surface area contributed by atoms with Gasteiger partial charge in [0.2, 0.25) is 5.89 Å². The summed E-state index contributed by atoms with van der Waals surface area (Å²) in [4.78, 5) is 4.56. The van der Waals surface area contributed by atoms with E-state index >= 15 is 0 Å². The quantitative estimate of drug-likeness (QED) is 0.418. The number of nitrogens with zero attached hydrogens (tertiary/aromatic N) is 4. The van der Waals surface area contributed by atoms with E-state index in [0.29, 0.717) is 16.7 Å². The molecule has 136 valence electrons. The topological polar surface area (TPSA) is 56.7 Å². The number of para-hydroxylation sites is 1. The highest BCUT2D eigenvalue weighted by molar-refractivity contribution is 7.98. The van der Waals surface area contributed by atoms with Gasteiger partial charge in [0.25, 0.3) is 0 Å². The van der Waals surface area contributed by atoms with Gasteiger partial charge in [0.1, 0.15) is 12.1 Å². The molecule has 27 heavy (non-hydrogen) atoms. The van der Waals surface area contributed by atoms with Gasteiger partial charge in [-0.2, -0.15) is 0 Å². The number of hydrogen-bond acceptors (Lipinski definition) is 5. The molecular weight excluding hydrogens is 380 g/mol. The van der Waals surface area contributed by atoms with Crippen molar-refractivity contribution in [3.63, 3.8) is 0 Å². The summed E-state index contributed by atoms with van der Waals surface area (Å²) in [5.41, 5.74) is 3.96. The standard InChI is InChI=1S/C20H17ClN4OS/c1-13-6-3-4-9-18(13)25-14(2)23-24-20(25)27-12-17-11-26-19(22-17)15-7-5-8-16(21)10-15/h3-11H,12H2,1-2H3. The third-order valence-electron chi connectivity index (χ3n) is 4.12. The van der Waals surface area contributed by atoms with Gasteiger partial charge in [-0.05, 0) is 43.7 Å². The highest BCUT2D eigenvalue weighted by Crippen LogP contribution is 2.28. The largest absolute Gasteiger partial charge is 0.444 e. The van der Waals surface area contributed by atoms with Crippen LogP contribution in [-0.2, 0) is 5.75 Å². The fourth-order valence-electron chi connectivity index (χ4n) is 2.79. The number of aromatic nitrogens is 4. The molecule has 5 nitrogen and oxygen atoms in total. The van der Waals surface area contributed by atoms with Gasteiger partial charge in [0.15, 0.2) is 5.16 Å². The van der Waals surface area contributed by atoms with Crippen molar-refractivity contribution in [2.24, 2.45) is 0 Å². The van der Waals surface area contributed by atoms with Crippen LogP contribution in [0.5, 0.6) is 0 Å². The Kier molecular flexibility index (Phi) is 5.01. The molecule has 0 N–H and O–H groups in total. The Bertz CT molecular complexity index is 1090. The second-order valence-electron chi connectivity index (χ2n) is 6.09. The Hall–Kier alpha value is -2.57. The summed E-state index contributed by atoms with van der Waals surface area (Å²) in [5, 5.41) is 10.1. The molecule has 2 heterocycles. The molecule has 0 saturated heterocycles. The average Bonchev–Trinajstić information content (AvgIpc) is 3.27. The molecule has 4 rings (SSSR count). The molecule has 0 unspecified atom stereocenters. The number of rotatable bonds is 5. The van der Waals surface area contributed by atoms with E-state index in [9.17, 15) is 0 Å². The molecule has 0 amide bonds. The van der Waals surface area contributed by atoms with E-state index in [1.807, 2.05) is 43.3 Å². The summed E-state index contributed by atoms with van der Waals surface area (Å²) >= 11 is 7.62. The van der Waals surface area contributed by atoms with Crippen molar-refractivity contribution in [2.75, 3.05) is 0 Å². The lowest BCUT2D eigenvalue weighted by Gasteiger charge is -2.10. The fourth-order valence-corrected chi connectivity index (χ4v) is 3.85. The van der Waals surface area contributed by atoms with Crippen LogP contribution in [0.15, 0.2) is 64.4 Å². The van der Waals surface area contributed by atoms with E-state index in [-0.39, 0.29) is 0 Å². The van der Waals surface area contributed by atoms with Crippen molar-refractivity contribution in [3.8, 4) is 17.1 Å². The third-order valence-corrected chi connectivity index (χ3v) is 5.32. The minimum Gasteiger partial charge on any atom is -0.444 e. The number of halogens is 1. The summed E-state index contributed by atoms with van der Waals surface area (Å²) in [7, 11) is 0. The Morgan fingerprint density at radius 3 is 2.74 bits per heavy atom. The van der Waals surface area contributed by atoms with Crippen molar-refractivity contribution in [3.05, 3.63) is 76.9 Å². The fraction of sp³-hybridized carbons (Fsp3) is 0.150. The van der Waals surface area contributed by atoms with E-state index in [1.165, 1.54) is 5.56 Å². The molecule has 0 radical (unpaired) electrons. The van der Waals surface area contributed by atoms with Crippen molar-refractivity contribution >= 4 is 23.4 Å². The first-order valence-corrected chi connectivity index (χ1v) is 9.79. The Labute approximate surface area is 166 Å². The lowest BCUT2D eigenvalue weighted by molar-refractivity contribution is 0.573. The number of thioether (sulfide) groups is 1. The molecule has 2 aromatic carbocycles. The van der Waals surface area contributed by atoms with Gasteiger partial charge in [-0.3, -0.25) is 4.57 Å². The van der Waals surface area contributed by atoms with E-state index in [0.717, 1.165) is 27.9 Å². The lowest BCUT2D eigenvalue weighted by Crippen LogP contribution is -2.01. The zero-order valence-electron chi connectivity index (χ0n) is 14.9. The summed E-state index contributed by atoms with van der Waals surface area (Å²) < 4.78 is 7.67. The van der Waals surface area contributed by atoms with Crippen molar-refractivity contribution in [2.45, 2.75) is 24.8 Å². The van der Waals surface area contributed by atoms with Crippen LogP contribution in [0, 0.1) is 13.8 Å². The van der Waals surface area contributed by atoms with Crippen LogP contribution in [-0.4, -0.2) is 19.7 Å². The summed E-state index contributed by atoms with van der Waals surface area (Å²) in [6, 6.07) is 15.7. The smallest absolute Gasteiger partial charge is 0.226 e. The van der Waals surface area contributed by atoms with Gasteiger partial charge in [-0.15, -0.1) is 10.2 Å². The maximum absolute atomic E-state index is 6.04. The molecule has 0 spiro atoms. The van der Waals surface area contributed by atoms with Crippen LogP contribution in [0.25, 0.3) is 17.1 Å². The number of aryl methyl sites for hydroxylation is 2. The van der Waals surface area contributed by atoms with E-state index < -0.39 is 0 Å². The maximum Gasteiger partial charge on any atom is 0.226 e. The minimum absolute atomic E-state index is 0.560. The van der Waals surface area contributed by atoms with E-state index in [1.54, 1.807) is 18.0 Å². The van der Waals surface area contributed by atoms with Crippen LogP contribution in [0.4, 0.5) is 0 Å². The van der Waals surface area contributed by atoms with Gasteiger partial charge < -0.3 is 4.42 Å². The van der Waals surface area contributed by atoms with Crippen molar-refractivity contribution in [1.29, 1.82) is 0 Å². The molecule has 0 aliphatic rings. The van der Waals surface area contributed by atoms with Crippen LogP contribution in [0.2, 0.25) is 5.02 Å². The van der Waals surface area contributed by atoms with Gasteiger partial charge in [0, 0.05) is 16.3 Å². The maximum atomic E-state index is 6.04. The van der Waals surface area contributed by atoms with Crippen molar-refractivity contribution in [1.82, 2.24) is 19.7 Å². The molecule has 0 bridgehead atoms. The predicted molar refractivity (Wildman–Crippen MR) is 107 cm³/mol. The van der Waals surface area contributed by atoms with Gasteiger partial charge in [-0.25, -0.2) is 4.98 Å². The molecule has 2 aromatic heterocycles. The van der Waals surface area contributed by atoms with E-state index in [2.05, 4.69) is 38.8 Å². The molecular formula is C20H17ClN4OS. The second kappa shape index (κ2) is 7.58. The first kappa shape index (κ1) is 17.8. The monoisotopic (exact) mass is 396 g/mol. The minimum atomic E-state index is 0.560. The number of hydrogen-bond donors (Lipinski definition) is 0. The van der Waals surface area contributed by atoms with Crippen LogP contribution >= 0.6 is 23.4 Å². The third kappa shape index (κ3) is 3.77. The van der Waals surface area contributed by atoms with Crippen LogP contribution in [0.3, 0.4) is 0 Å². The highest BCUT2D eigenvalue weighted by Gasteiger charge is 2.14. The van der Waals surface area contributed by atoms with Gasteiger partial charge >= 0.3 is 0 Å². The van der Waals surface area contributed by atoms with Crippen molar-refractivity contribution < 1.29 is 4.42 Å². The summed E-state index contributed by atoms with van der Waals surface area (Å²) in [6.45, 7) is 4.04. The highest BCUT2D eigenvalue weighted by atomic mass is 35.5. The zero-order chi connectivity index (χ0) is 18.8. The summed E-state index contributed by atoms with van der Waals surface area (Å²) in [6.07, 6.45) is 1.67. The Morgan fingerprint density at radius 2 is 1.93 bits per heavy atom. The molecule has 0 aliphatic heterocycles. The molecule has 0 aliphatic carbocycles. The van der Waals surface area contributed by atoms with Crippen LogP contribution < -0.4 is 0 Å². The number of benzene rings is 2. The first-order valence-electron chi connectivity index (χ1n) is 8.43. The molecule has 7 heteroatoms. The van der Waals surface area contributed by atoms with Gasteiger partial charge in [-0.1, -0.05) is 47.6 Å². The Morgan fingerprint density at radius 1 is 1.07 bits per heavy atom. The normalized spacial score (nSPS) is 11.1. The van der Waals surface area contributed by atoms with E-state index in [4.69, 9.17) is 16.0 Å². The zero-order valence-corrected chi connectivity index (χ0v) is 16.5. The van der Waals surface area contributed by atoms with Crippen LogP contribution in [0.1, 0.15) is 17.1 Å².